The Balaban J connectivity index is 1.64. The number of carboxylic acid groups (broad SMARTS) is 1. The van der Waals surface area contributed by atoms with E-state index in [1.807, 2.05) is 30.3 Å². The quantitative estimate of drug-likeness (QED) is 0.373. The molecule has 152 valence electrons. The number of aromatic nitrogens is 3. The van der Waals surface area contributed by atoms with E-state index in [-0.39, 0.29) is 11.5 Å². The van der Waals surface area contributed by atoms with Crippen molar-refractivity contribution in [3.8, 4) is 16.9 Å². The maximum Gasteiger partial charge on any atom is 0.335 e. The molecule has 0 aliphatic rings. The molecule has 0 aliphatic carbocycles. The average molecular weight is 411 g/mol. The number of nitrogens with one attached hydrogen (secondary N) is 1. The van der Waals surface area contributed by atoms with Crippen molar-refractivity contribution in [2.24, 2.45) is 5.10 Å². The van der Waals surface area contributed by atoms with Crippen LogP contribution < -0.4 is 5.43 Å². The zero-order valence-electron chi connectivity index (χ0n) is 16.2. The minimum Gasteiger partial charge on any atom is -0.478 e. The number of hydrazone groups is 1. The van der Waals surface area contributed by atoms with Gasteiger partial charge in [0, 0.05) is 29.7 Å². The highest BCUT2D eigenvalue weighted by Gasteiger charge is 2.12. The fourth-order valence-corrected chi connectivity index (χ4v) is 2.91. The van der Waals surface area contributed by atoms with E-state index >= 15 is 0 Å². The Kier molecular flexibility index (Phi) is 5.62. The lowest BCUT2D eigenvalue weighted by Crippen LogP contribution is -2.17. The summed E-state index contributed by atoms with van der Waals surface area (Å²) in [5.41, 5.74) is 6.00. The molecule has 0 unspecified atom stereocenters. The molecule has 2 aromatic heterocycles. The van der Waals surface area contributed by atoms with Crippen LogP contribution in [0.2, 0.25) is 0 Å². The van der Waals surface area contributed by atoms with E-state index in [2.05, 4.69) is 20.6 Å². The number of nitrogens with zero attached hydrogens (tertiary/aromatic N) is 4. The fourth-order valence-electron chi connectivity index (χ4n) is 2.91. The Labute approximate surface area is 177 Å². The molecule has 0 aliphatic heterocycles. The Hall–Kier alpha value is -4.59. The minimum absolute atomic E-state index is 0.194. The van der Waals surface area contributed by atoms with E-state index in [0.717, 1.165) is 5.56 Å². The van der Waals surface area contributed by atoms with Crippen molar-refractivity contribution in [2.75, 3.05) is 0 Å². The number of pyridine rings is 1. The summed E-state index contributed by atoms with van der Waals surface area (Å²) >= 11 is 0. The summed E-state index contributed by atoms with van der Waals surface area (Å²) in [5.74, 6) is -1.36. The Morgan fingerprint density at radius 2 is 1.74 bits per heavy atom. The summed E-state index contributed by atoms with van der Waals surface area (Å²) in [6.07, 6.45) is 6.33. The lowest BCUT2D eigenvalue weighted by Gasteiger charge is -2.02. The van der Waals surface area contributed by atoms with Crippen molar-refractivity contribution < 1.29 is 14.7 Å². The van der Waals surface area contributed by atoms with Crippen molar-refractivity contribution in [1.82, 2.24) is 20.2 Å². The number of hydrogen-bond acceptors (Lipinski definition) is 5. The molecule has 31 heavy (non-hydrogen) atoms. The number of hydrogen-bond donors (Lipinski definition) is 2. The Morgan fingerprint density at radius 3 is 2.42 bits per heavy atom. The van der Waals surface area contributed by atoms with Gasteiger partial charge in [-0.3, -0.25) is 9.78 Å². The van der Waals surface area contributed by atoms with Crippen LogP contribution in [0.1, 0.15) is 26.3 Å². The number of carbonyl (C=O) groups is 2. The van der Waals surface area contributed by atoms with Crippen LogP contribution in [0.15, 0.2) is 90.4 Å². The van der Waals surface area contributed by atoms with Crippen LogP contribution in [0.4, 0.5) is 0 Å². The lowest BCUT2D eigenvalue weighted by atomic mass is 10.1. The standard InChI is InChI=1S/C23H17N5O3/c29-22(18-7-4-12-24-13-18)26-25-14-19-15-28(20-10-8-17(9-11-20)23(30)31)27-21(19)16-5-2-1-3-6-16/h1-15H,(H,26,29)(H,30,31)/b25-14+. The maximum atomic E-state index is 12.2. The highest BCUT2D eigenvalue weighted by Crippen LogP contribution is 2.22. The van der Waals surface area contributed by atoms with Gasteiger partial charge in [-0.1, -0.05) is 30.3 Å². The zero-order valence-corrected chi connectivity index (χ0v) is 16.2. The van der Waals surface area contributed by atoms with Crippen LogP contribution in [0.3, 0.4) is 0 Å². The molecule has 0 bridgehead atoms. The molecule has 0 radical (unpaired) electrons. The fraction of sp³-hybridized carbons (Fsp3) is 0. The second-order valence-electron chi connectivity index (χ2n) is 6.54. The van der Waals surface area contributed by atoms with Crippen molar-refractivity contribution in [3.05, 3.63) is 102 Å². The van der Waals surface area contributed by atoms with Gasteiger partial charge in [0.25, 0.3) is 5.91 Å². The second-order valence-corrected chi connectivity index (χ2v) is 6.54. The van der Waals surface area contributed by atoms with Crippen molar-refractivity contribution >= 4 is 18.1 Å². The first-order valence-electron chi connectivity index (χ1n) is 9.34. The van der Waals surface area contributed by atoms with E-state index in [4.69, 9.17) is 5.11 Å². The smallest absolute Gasteiger partial charge is 0.335 e. The van der Waals surface area contributed by atoms with Crippen molar-refractivity contribution in [2.45, 2.75) is 0 Å². The molecular formula is C23H17N5O3. The van der Waals surface area contributed by atoms with E-state index in [9.17, 15) is 9.59 Å². The third kappa shape index (κ3) is 4.54. The predicted molar refractivity (Wildman–Crippen MR) is 115 cm³/mol. The number of carboxylic acids is 1. The molecule has 0 fully saturated rings. The lowest BCUT2D eigenvalue weighted by molar-refractivity contribution is 0.0696. The van der Waals surface area contributed by atoms with Crippen molar-refractivity contribution in [3.63, 3.8) is 0 Å². The first kappa shape index (κ1) is 19.7. The number of benzene rings is 2. The van der Waals surface area contributed by atoms with Gasteiger partial charge < -0.3 is 5.11 Å². The van der Waals surface area contributed by atoms with Gasteiger partial charge in [-0.05, 0) is 36.4 Å². The van der Waals surface area contributed by atoms with Gasteiger partial charge in [0.2, 0.25) is 0 Å². The Morgan fingerprint density at radius 1 is 0.968 bits per heavy atom. The summed E-state index contributed by atoms with van der Waals surface area (Å²) in [7, 11) is 0. The third-order valence-electron chi connectivity index (χ3n) is 4.46. The molecule has 0 saturated carbocycles. The summed E-state index contributed by atoms with van der Waals surface area (Å²) in [6.45, 7) is 0. The molecule has 4 aromatic rings. The average Bonchev–Trinajstić information content (AvgIpc) is 3.24. The van der Waals surface area contributed by atoms with E-state index in [0.29, 0.717) is 22.5 Å². The van der Waals surface area contributed by atoms with Gasteiger partial charge in [-0.15, -0.1) is 0 Å². The van der Waals surface area contributed by atoms with Crippen LogP contribution in [-0.4, -0.2) is 38.0 Å². The maximum absolute atomic E-state index is 12.2. The van der Waals surface area contributed by atoms with Crippen LogP contribution in [0.5, 0.6) is 0 Å². The highest BCUT2D eigenvalue weighted by atomic mass is 16.4. The summed E-state index contributed by atoms with van der Waals surface area (Å²) in [5, 5.41) is 17.8. The van der Waals surface area contributed by atoms with Gasteiger partial charge in [0.1, 0.15) is 5.69 Å². The van der Waals surface area contributed by atoms with Gasteiger partial charge >= 0.3 is 5.97 Å². The summed E-state index contributed by atoms with van der Waals surface area (Å²) < 4.78 is 1.64. The summed E-state index contributed by atoms with van der Waals surface area (Å²) in [4.78, 5) is 27.2. The topological polar surface area (TPSA) is 109 Å². The minimum atomic E-state index is -0.992. The van der Waals surface area contributed by atoms with Gasteiger partial charge in [0.05, 0.1) is 23.0 Å². The summed E-state index contributed by atoms with van der Waals surface area (Å²) in [6, 6.07) is 19.3. The third-order valence-corrected chi connectivity index (χ3v) is 4.46. The molecule has 4 rings (SSSR count). The van der Waals surface area contributed by atoms with E-state index in [1.54, 1.807) is 41.3 Å². The van der Waals surface area contributed by atoms with Gasteiger partial charge in [-0.25, -0.2) is 14.9 Å². The predicted octanol–water partition coefficient (Wildman–Crippen LogP) is 3.40. The SMILES string of the molecule is O=C(O)c1ccc(-n2cc(/C=N/NC(=O)c3cccnc3)c(-c3ccccc3)n2)cc1. The molecule has 2 N–H and O–H groups in total. The molecule has 2 aromatic carbocycles. The number of carbonyl (C=O) groups excluding carboxylic acids is 1. The molecule has 0 atom stereocenters. The van der Waals surface area contributed by atoms with E-state index in [1.165, 1.54) is 24.5 Å². The number of aromatic carboxylic acids is 1. The molecule has 8 heteroatoms. The van der Waals surface area contributed by atoms with Crippen LogP contribution in [-0.2, 0) is 0 Å². The highest BCUT2D eigenvalue weighted by molar-refractivity contribution is 5.95. The number of amides is 1. The number of rotatable bonds is 6. The Bertz CT molecular complexity index is 1230. The molecule has 0 spiro atoms. The van der Waals surface area contributed by atoms with Gasteiger partial charge in [0.15, 0.2) is 0 Å². The molecule has 0 saturated heterocycles. The first-order valence-corrected chi connectivity index (χ1v) is 9.34. The van der Waals surface area contributed by atoms with Crippen molar-refractivity contribution in [1.29, 1.82) is 0 Å². The monoisotopic (exact) mass is 411 g/mol. The largest absolute Gasteiger partial charge is 0.478 e. The van der Waals surface area contributed by atoms with Crippen LogP contribution in [0.25, 0.3) is 16.9 Å². The first-order chi connectivity index (χ1) is 15.1. The molecule has 8 nitrogen and oxygen atoms in total. The second kappa shape index (κ2) is 8.83. The molecule has 1 amide bonds. The zero-order chi connectivity index (χ0) is 21.6. The van der Waals surface area contributed by atoms with Crippen LogP contribution >= 0.6 is 0 Å². The van der Waals surface area contributed by atoms with E-state index < -0.39 is 5.97 Å². The molecular weight excluding hydrogens is 394 g/mol. The van der Waals surface area contributed by atoms with Crippen LogP contribution in [0, 0.1) is 0 Å². The van der Waals surface area contributed by atoms with Gasteiger partial charge in [-0.2, -0.15) is 10.2 Å². The normalized spacial score (nSPS) is 10.8. The molecule has 2 heterocycles.